The predicted molar refractivity (Wildman–Crippen MR) is 95.5 cm³/mol. The lowest BCUT2D eigenvalue weighted by Crippen LogP contribution is -2.83. The highest BCUT2D eigenvalue weighted by molar-refractivity contribution is 5.92. The van der Waals surface area contributed by atoms with Crippen molar-refractivity contribution in [3.8, 4) is 0 Å². The minimum absolute atomic E-state index is 0.0218. The van der Waals surface area contributed by atoms with E-state index >= 15 is 0 Å². The summed E-state index contributed by atoms with van der Waals surface area (Å²) in [7, 11) is 1.60. The Morgan fingerprint density at radius 2 is 1.96 bits per heavy atom. The predicted octanol–water partition coefficient (Wildman–Crippen LogP) is 1.11. The first-order valence-corrected chi connectivity index (χ1v) is 10.4. The van der Waals surface area contributed by atoms with Gasteiger partial charge in [0, 0.05) is 24.4 Å². The summed E-state index contributed by atoms with van der Waals surface area (Å²) >= 11 is 0. The van der Waals surface area contributed by atoms with E-state index in [1.54, 1.807) is 7.11 Å². The third kappa shape index (κ3) is 1.79. The average Bonchev–Trinajstić information content (AvgIpc) is 2.83. The Hall–Kier alpha value is -0.530. The highest BCUT2D eigenvalue weighted by atomic mass is 16.6. The highest BCUT2D eigenvalue weighted by Crippen LogP contribution is 2.76. The van der Waals surface area contributed by atoms with E-state index in [9.17, 15) is 20.1 Å². The van der Waals surface area contributed by atoms with Crippen LogP contribution in [0.25, 0.3) is 0 Å². The Morgan fingerprint density at radius 3 is 2.67 bits per heavy atom. The summed E-state index contributed by atoms with van der Waals surface area (Å²) in [6.45, 7) is 4.78. The molecule has 9 atom stereocenters. The maximum Gasteiger partial charge on any atom is 0.205 e. The highest BCUT2D eigenvalue weighted by Gasteiger charge is 2.84. The zero-order valence-electron chi connectivity index (χ0n) is 16.5. The molecule has 0 unspecified atom stereocenters. The van der Waals surface area contributed by atoms with Crippen molar-refractivity contribution >= 4 is 5.78 Å². The van der Waals surface area contributed by atoms with Gasteiger partial charge in [-0.15, -0.1) is 0 Å². The molecule has 6 nitrogen and oxygen atoms in total. The fourth-order valence-corrected chi connectivity index (χ4v) is 8.40. The van der Waals surface area contributed by atoms with Gasteiger partial charge >= 0.3 is 0 Å². The molecule has 27 heavy (non-hydrogen) atoms. The quantitative estimate of drug-likeness (QED) is 0.664. The third-order valence-corrected chi connectivity index (χ3v) is 9.35. The molecule has 4 bridgehead atoms. The molecule has 0 aromatic carbocycles. The molecule has 0 aromatic heterocycles. The Morgan fingerprint density at radius 1 is 1.22 bits per heavy atom. The third-order valence-electron chi connectivity index (χ3n) is 9.35. The molecule has 2 aliphatic heterocycles. The number of hydrogen-bond donors (Lipinski definition) is 3. The summed E-state index contributed by atoms with van der Waals surface area (Å²) in [4.78, 5) is 13.7. The van der Waals surface area contributed by atoms with E-state index in [4.69, 9.17) is 9.47 Å². The van der Waals surface area contributed by atoms with Gasteiger partial charge in [-0.3, -0.25) is 4.79 Å². The molecule has 2 heterocycles. The molecule has 6 fully saturated rings. The lowest BCUT2D eigenvalue weighted by molar-refractivity contribution is -0.448. The molecule has 6 rings (SSSR count). The maximum atomic E-state index is 13.7. The minimum Gasteiger partial charge on any atom is -0.392 e. The molecule has 2 saturated heterocycles. The van der Waals surface area contributed by atoms with Crippen LogP contribution in [0.3, 0.4) is 0 Å². The molecule has 152 valence electrons. The van der Waals surface area contributed by atoms with Gasteiger partial charge in [0.25, 0.3) is 0 Å². The molecule has 6 aliphatic rings. The first-order chi connectivity index (χ1) is 12.7. The second kappa shape index (κ2) is 5.33. The number of ether oxygens (including phenoxy) is 2. The topological polar surface area (TPSA) is 96.2 Å². The lowest BCUT2D eigenvalue weighted by atomic mass is 9.36. The summed E-state index contributed by atoms with van der Waals surface area (Å²) in [6, 6.07) is 0. The largest absolute Gasteiger partial charge is 0.392 e. The van der Waals surface area contributed by atoms with Crippen LogP contribution >= 0.6 is 0 Å². The molecular weight excluding hydrogens is 348 g/mol. The molecule has 6 heteroatoms. The molecule has 4 saturated carbocycles. The fraction of sp³-hybridized carbons (Fsp3) is 0.952. The van der Waals surface area contributed by atoms with Gasteiger partial charge in [-0.25, -0.2) is 0 Å². The summed E-state index contributed by atoms with van der Waals surface area (Å²) in [5.41, 5.74) is -2.03. The first-order valence-electron chi connectivity index (χ1n) is 10.4. The van der Waals surface area contributed by atoms with Crippen LogP contribution in [0, 0.1) is 39.9 Å². The van der Waals surface area contributed by atoms with Gasteiger partial charge in [-0.05, 0) is 49.4 Å². The van der Waals surface area contributed by atoms with Crippen molar-refractivity contribution < 1.29 is 29.6 Å². The standard InChI is InChI=1S/C21H32O6/c1-18(2)7-6-14(22)19-10-27-21(25,17(24)15(18)19)20-8-11(4-5-13(19)20)12(9-26-3)16(20)23/h11-15,17,22,24-25H,4-10H2,1-3H3/t11-,12-,13+,14+,15-,17+,19-,20-,21-/m1/s1. The van der Waals surface area contributed by atoms with E-state index in [-0.39, 0.29) is 41.5 Å². The molecule has 0 aromatic rings. The van der Waals surface area contributed by atoms with Gasteiger partial charge in [0.15, 0.2) is 0 Å². The molecule has 3 N–H and O–H groups in total. The number of ketones is 1. The van der Waals surface area contributed by atoms with Crippen LogP contribution < -0.4 is 0 Å². The Kier molecular flexibility index (Phi) is 3.65. The van der Waals surface area contributed by atoms with E-state index in [0.29, 0.717) is 19.4 Å². The van der Waals surface area contributed by atoms with E-state index < -0.39 is 28.8 Å². The van der Waals surface area contributed by atoms with Crippen molar-refractivity contribution in [2.75, 3.05) is 20.3 Å². The zero-order chi connectivity index (χ0) is 19.4. The van der Waals surface area contributed by atoms with Crippen LogP contribution in [0.5, 0.6) is 0 Å². The second-order valence-corrected chi connectivity index (χ2v) is 10.6. The first kappa shape index (κ1) is 18.5. The molecule has 0 radical (unpaired) electrons. The number of aliphatic hydroxyl groups is 3. The summed E-state index contributed by atoms with van der Waals surface area (Å²) in [6.07, 6.45) is 1.86. The van der Waals surface area contributed by atoms with Crippen LogP contribution in [-0.2, 0) is 14.3 Å². The summed E-state index contributed by atoms with van der Waals surface area (Å²) in [5, 5.41) is 34.4. The normalized spacial score (nSPS) is 58.1. The fourth-order valence-electron chi connectivity index (χ4n) is 8.40. The van der Waals surface area contributed by atoms with Gasteiger partial charge in [-0.2, -0.15) is 0 Å². The van der Waals surface area contributed by atoms with E-state index in [1.165, 1.54) is 0 Å². The molecule has 2 spiro atoms. The van der Waals surface area contributed by atoms with Crippen molar-refractivity contribution in [3.63, 3.8) is 0 Å². The number of carbonyl (C=O) groups excluding carboxylic acids is 1. The van der Waals surface area contributed by atoms with E-state index in [0.717, 1.165) is 19.3 Å². The van der Waals surface area contributed by atoms with Gasteiger partial charge in [0.05, 0.1) is 24.7 Å². The van der Waals surface area contributed by atoms with Gasteiger partial charge in [-0.1, -0.05) is 13.8 Å². The number of Topliss-reactive ketones (excluding diaryl/α,β-unsaturated/α-hetero) is 1. The SMILES string of the molecule is COC[C@H]1C(=O)[C@@]23C[C@H]1CC[C@H]2[C@@]12CO[C@]3(O)[C@@H](O)[C@@H]1C(C)(C)CC[C@@H]2O. The van der Waals surface area contributed by atoms with Crippen molar-refractivity contribution in [2.45, 2.75) is 63.9 Å². The lowest BCUT2D eigenvalue weighted by Gasteiger charge is -2.74. The number of methoxy groups -OCH3 is 1. The zero-order valence-corrected chi connectivity index (χ0v) is 16.5. The van der Waals surface area contributed by atoms with Crippen LogP contribution in [0.4, 0.5) is 0 Å². The Balaban J connectivity index is 1.71. The molecule has 0 amide bonds. The Bertz CT molecular complexity index is 678. The van der Waals surface area contributed by atoms with Crippen LogP contribution in [0.1, 0.15) is 46.0 Å². The van der Waals surface area contributed by atoms with Gasteiger partial charge < -0.3 is 24.8 Å². The van der Waals surface area contributed by atoms with Crippen LogP contribution in [0.2, 0.25) is 0 Å². The molecular formula is C21H32O6. The van der Waals surface area contributed by atoms with Gasteiger partial charge in [0.1, 0.15) is 11.9 Å². The number of hydrogen-bond acceptors (Lipinski definition) is 6. The number of fused-ring (bicyclic) bond motifs is 2. The van der Waals surface area contributed by atoms with Gasteiger partial charge in [0.2, 0.25) is 5.79 Å². The summed E-state index contributed by atoms with van der Waals surface area (Å²) < 4.78 is 11.3. The smallest absolute Gasteiger partial charge is 0.205 e. The monoisotopic (exact) mass is 380 g/mol. The van der Waals surface area contributed by atoms with Crippen molar-refractivity contribution in [1.82, 2.24) is 0 Å². The maximum absolute atomic E-state index is 13.7. The molecule has 4 aliphatic carbocycles. The van der Waals surface area contributed by atoms with E-state index in [1.807, 2.05) is 0 Å². The number of carbonyl (C=O) groups is 1. The minimum atomic E-state index is -1.86. The second-order valence-electron chi connectivity index (χ2n) is 10.6. The van der Waals surface area contributed by atoms with Crippen molar-refractivity contribution in [1.29, 1.82) is 0 Å². The van der Waals surface area contributed by atoms with Crippen molar-refractivity contribution in [3.05, 3.63) is 0 Å². The summed E-state index contributed by atoms with van der Waals surface area (Å²) in [5.74, 6) is -2.44. The van der Waals surface area contributed by atoms with E-state index in [2.05, 4.69) is 13.8 Å². The number of rotatable bonds is 2. The van der Waals surface area contributed by atoms with Crippen molar-refractivity contribution in [2.24, 2.45) is 39.9 Å². The average molecular weight is 380 g/mol. The van der Waals surface area contributed by atoms with Crippen LogP contribution in [-0.4, -0.2) is 59.4 Å². The Labute approximate surface area is 160 Å². The number of aliphatic hydroxyl groups excluding tert-OH is 2. The van der Waals surface area contributed by atoms with Crippen LogP contribution in [0.15, 0.2) is 0 Å².